The third-order valence-electron chi connectivity index (χ3n) is 19.9. The zero-order valence-electron chi connectivity index (χ0n) is 40.9. The van der Waals surface area contributed by atoms with Crippen LogP contribution in [0.4, 0.5) is 0 Å². The Hall–Kier alpha value is -3.08. The van der Waals surface area contributed by atoms with Crippen LogP contribution in [0.15, 0.2) is 47.8 Å². The number of hydrogen-bond donors (Lipinski definition) is 4. The number of nitrogens with zero attached hydrogens (tertiary/aromatic N) is 1. The lowest BCUT2D eigenvalue weighted by atomic mass is 9.34. The predicted octanol–water partition coefficient (Wildman–Crippen LogP) is 9.96. The second kappa shape index (κ2) is 16.6. The van der Waals surface area contributed by atoms with Crippen LogP contribution in [0, 0.1) is 45.3 Å². The molecule has 11 unspecified atom stereocenters. The number of ketones is 2. The van der Waals surface area contributed by atoms with E-state index in [-0.39, 0.29) is 52.0 Å². The highest BCUT2D eigenvalue weighted by Crippen LogP contribution is 2.75. The molecule has 10 rings (SSSR count). The molecule has 354 valence electrons. The number of nitrogens with one attached hydrogen (secondary N) is 2. The summed E-state index contributed by atoms with van der Waals surface area (Å²) in [5, 5.41) is 28.5. The summed E-state index contributed by atoms with van der Waals surface area (Å²) < 4.78 is 14.1. The van der Waals surface area contributed by atoms with Crippen LogP contribution in [0.25, 0.3) is 11.0 Å². The highest BCUT2D eigenvalue weighted by atomic mass is 16.6. The van der Waals surface area contributed by atoms with Crippen LogP contribution in [-0.2, 0) is 32.0 Å². The molecule has 65 heavy (non-hydrogen) atoms. The number of allylic oxidation sites excluding steroid dienone is 1. The summed E-state index contributed by atoms with van der Waals surface area (Å²) in [6.07, 6.45) is 15.5. The Balaban J connectivity index is 1.06. The first-order chi connectivity index (χ1) is 30.9. The molecule has 7 aliphatic rings. The molecule has 5 aliphatic carbocycles. The molecule has 4 N–H and O–H groups in total. The fraction of sp³-hybridized carbons (Fsp3) is 0.714. The molecular formula is C56H79N3O6. The molecule has 0 amide bonds. The molecule has 2 aliphatic heterocycles. The number of aliphatic hydroxyl groups is 2. The Bertz CT molecular complexity index is 2350. The Labute approximate surface area is 388 Å². The lowest BCUT2D eigenvalue weighted by Crippen LogP contribution is -2.68. The first-order valence-electron chi connectivity index (χ1n) is 25.8. The average Bonchev–Trinajstić information content (AvgIpc) is 3.85. The summed E-state index contributed by atoms with van der Waals surface area (Å²) in [4.78, 5) is 32.7. The van der Waals surface area contributed by atoms with Gasteiger partial charge >= 0.3 is 0 Å². The van der Waals surface area contributed by atoms with Gasteiger partial charge in [-0.3, -0.25) is 9.59 Å². The quantitative estimate of drug-likeness (QED) is 0.126. The van der Waals surface area contributed by atoms with Gasteiger partial charge in [0.1, 0.15) is 11.9 Å². The molecule has 3 aromatic rings. The van der Waals surface area contributed by atoms with Gasteiger partial charge in [-0.2, -0.15) is 0 Å². The smallest absolute Gasteiger partial charge is 0.160 e. The van der Waals surface area contributed by atoms with Gasteiger partial charge in [-0.25, -0.2) is 0 Å². The lowest BCUT2D eigenvalue weighted by Gasteiger charge is -2.70. The Morgan fingerprint density at radius 1 is 0.954 bits per heavy atom. The number of hydrogen-bond acceptors (Lipinski definition) is 7. The first-order valence-corrected chi connectivity index (χ1v) is 25.8. The standard InChI is InChI=1S/C56H79N3O6/c1-33(25-42(60)51-52(2,3)65-51)46-43(61)30-56(7)47(46)40(49(63)50-54(5)18-14-45(62)53(4,20-22-57-8)44(54)13-19-55(50,56)6)32-59-31-39(48-41(59)15-21-58-48)28-34-26-37(35-11-9-10-12-35)29-38(27-34)36-16-23-64-24-17-36/h15,21,26-27,29,31,33,35-36,40,42,44,49-51,57-58,60,63H,9-14,16-20,22-25,28,30,32H2,1-8H3. The van der Waals surface area contributed by atoms with E-state index in [1.165, 1.54) is 47.9 Å². The minimum atomic E-state index is -0.730. The van der Waals surface area contributed by atoms with Crippen LogP contribution in [0.1, 0.15) is 166 Å². The van der Waals surface area contributed by atoms with Crippen molar-refractivity contribution in [2.75, 3.05) is 26.8 Å². The van der Waals surface area contributed by atoms with Crippen LogP contribution in [0.5, 0.6) is 0 Å². The van der Waals surface area contributed by atoms with Gasteiger partial charge in [-0.15, -0.1) is 0 Å². The SMILES string of the molecule is CNCCC1(C)C(=O)CCC2(C)C1CCC1(C)C2C(O)C(Cn2cc(Cc3cc(C4CCCC4)cc(C4CCOCC4)c3)c3[nH]ccc32)C2=C(C(C)CC(O)C3OC3(C)C)C(=O)CC21C. The second-order valence-electron chi connectivity index (χ2n) is 24.0. The molecule has 9 heteroatoms. The van der Waals surface area contributed by atoms with Gasteiger partial charge in [-0.05, 0) is 165 Å². The number of aromatic nitrogens is 2. The number of Topliss-reactive ketones (excluding diaryl/α,β-unsaturated/α-hetero) is 2. The number of ether oxygens (including phenoxy) is 2. The van der Waals surface area contributed by atoms with E-state index >= 15 is 0 Å². The third kappa shape index (κ3) is 7.32. The number of H-pyrrole nitrogens is 1. The zero-order chi connectivity index (χ0) is 45.8. The van der Waals surface area contributed by atoms with Gasteiger partial charge in [0.15, 0.2) is 5.78 Å². The van der Waals surface area contributed by atoms with Crippen LogP contribution < -0.4 is 5.32 Å². The van der Waals surface area contributed by atoms with Gasteiger partial charge in [0.25, 0.3) is 0 Å². The maximum Gasteiger partial charge on any atom is 0.160 e. The molecule has 9 nitrogen and oxygen atoms in total. The van der Waals surface area contributed by atoms with Crippen LogP contribution in [0.3, 0.4) is 0 Å². The zero-order valence-corrected chi connectivity index (χ0v) is 40.9. The van der Waals surface area contributed by atoms with E-state index in [4.69, 9.17) is 9.47 Å². The summed E-state index contributed by atoms with van der Waals surface area (Å²) in [7, 11) is 1.97. The maximum absolute atomic E-state index is 15.0. The minimum Gasteiger partial charge on any atom is -0.392 e. The average molecular weight is 890 g/mol. The van der Waals surface area contributed by atoms with Crippen molar-refractivity contribution < 1.29 is 29.3 Å². The molecule has 2 saturated heterocycles. The lowest BCUT2D eigenvalue weighted by molar-refractivity contribution is -0.222. The molecule has 1 aromatic carbocycles. The second-order valence-corrected chi connectivity index (χ2v) is 24.0. The number of aliphatic hydroxyl groups excluding tert-OH is 2. The Kier molecular flexibility index (Phi) is 11.6. The number of epoxide rings is 1. The third-order valence-corrected chi connectivity index (χ3v) is 19.9. The number of fused-ring (bicyclic) bond motifs is 6. The van der Waals surface area contributed by atoms with Gasteiger partial charge in [0.2, 0.25) is 0 Å². The van der Waals surface area contributed by atoms with Crippen molar-refractivity contribution in [3.8, 4) is 0 Å². The van der Waals surface area contributed by atoms with Crippen LogP contribution in [0.2, 0.25) is 0 Å². The van der Waals surface area contributed by atoms with Gasteiger partial charge in [-0.1, -0.05) is 65.7 Å². The number of benzene rings is 1. The summed E-state index contributed by atoms with van der Waals surface area (Å²) in [5.41, 5.74) is 7.80. The van der Waals surface area contributed by atoms with Crippen molar-refractivity contribution in [3.63, 3.8) is 0 Å². The molecule has 4 saturated carbocycles. The van der Waals surface area contributed by atoms with Crippen molar-refractivity contribution in [2.24, 2.45) is 45.3 Å². The van der Waals surface area contributed by atoms with E-state index in [1.807, 2.05) is 20.9 Å². The van der Waals surface area contributed by atoms with E-state index in [9.17, 15) is 19.8 Å². The molecule has 2 aromatic heterocycles. The summed E-state index contributed by atoms with van der Waals surface area (Å²) in [5.74, 6) is 1.20. The number of carbonyl (C=O) groups excluding carboxylic acids is 2. The molecule has 11 atom stereocenters. The summed E-state index contributed by atoms with van der Waals surface area (Å²) in [6, 6.07) is 9.67. The molecular weight excluding hydrogens is 811 g/mol. The highest BCUT2D eigenvalue weighted by Gasteiger charge is 2.72. The van der Waals surface area contributed by atoms with Crippen LogP contribution in [-0.4, -0.2) is 82.0 Å². The van der Waals surface area contributed by atoms with Crippen molar-refractivity contribution in [3.05, 3.63) is 70.1 Å². The highest BCUT2D eigenvalue weighted by molar-refractivity contribution is 6.01. The monoisotopic (exact) mass is 890 g/mol. The minimum absolute atomic E-state index is 0.109. The number of aromatic amines is 1. The van der Waals surface area contributed by atoms with Crippen LogP contribution >= 0.6 is 0 Å². The van der Waals surface area contributed by atoms with Crippen molar-refractivity contribution in [2.45, 2.75) is 181 Å². The van der Waals surface area contributed by atoms with Gasteiger partial charge < -0.3 is 34.6 Å². The van der Waals surface area contributed by atoms with E-state index in [0.717, 1.165) is 86.9 Å². The molecule has 0 spiro atoms. The largest absolute Gasteiger partial charge is 0.392 e. The first kappa shape index (κ1) is 45.7. The van der Waals surface area contributed by atoms with Crippen molar-refractivity contribution in [1.82, 2.24) is 14.9 Å². The molecule has 0 radical (unpaired) electrons. The Morgan fingerprint density at radius 2 is 1.65 bits per heavy atom. The van der Waals surface area contributed by atoms with Gasteiger partial charge in [0.05, 0.1) is 28.8 Å². The maximum atomic E-state index is 15.0. The van der Waals surface area contributed by atoms with E-state index in [1.54, 1.807) is 0 Å². The normalized spacial score (nSPS) is 37.1. The van der Waals surface area contributed by atoms with E-state index in [2.05, 4.69) is 86.1 Å². The summed E-state index contributed by atoms with van der Waals surface area (Å²) >= 11 is 0. The van der Waals surface area contributed by atoms with Crippen molar-refractivity contribution >= 4 is 22.6 Å². The molecule has 0 bridgehead atoms. The van der Waals surface area contributed by atoms with E-state index in [0.29, 0.717) is 43.4 Å². The number of rotatable bonds is 13. The van der Waals surface area contributed by atoms with Gasteiger partial charge in [0, 0.05) is 68.2 Å². The predicted molar refractivity (Wildman–Crippen MR) is 256 cm³/mol. The Morgan fingerprint density at radius 3 is 2.32 bits per heavy atom. The van der Waals surface area contributed by atoms with E-state index < -0.39 is 23.0 Å². The number of carbonyl (C=O) groups is 2. The van der Waals surface area contributed by atoms with Crippen molar-refractivity contribution in [1.29, 1.82) is 0 Å². The fourth-order valence-electron chi connectivity index (χ4n) is 16.4. The topological polar surface area (TPSA) is 129 Å². The fourth-order valence-corrected chi connectivity index (χ4v) is 16.4. The summed E-state index contributed by atoms with van der Waals surface area (Å²) in [6.45, 7) is 18.5. The molecule has 4 heterocycles. The molecule has 6 fully saturated rings.